The van der Waals surface area contributed by atoms with Crippen molar-refractivity contribution in [3.63, 3.8) is 0 Å². The van der Waals surface area contributed by atoms with Gasteiger partial charge in [0.15, 0.2) is 0 Å². The molecule has 0 aliphatic heterocycles. The molecule has 0 heterocycles. The van der Waals surface area contributed by atoms with E-state index in [9.17, 15) is 9.59 Å². The largest absolute Gasteiger partial charge is 0.481 e. The third-order valence-corrected chi connectivity index (χ3v) is 3.82. The van der Waals surface area contributed by atoms with Crippen molar-refractivity contribution in [1.82, 2.24) is 10.2 Å². The highest BCUT2D eigenvalue weighted by Gasteiger charge is 2.15. The first-order chi connectivity index (χ1) is 9.13. The molecule has 0 unspecified atom stereocenters. The Hall–Kier alpha value is -1.26. The van der Waals surface area contributed by atoms with Gasteiger partial charge in [-0.15, -0.1) is 0 Å². The summed E-state index contributed by atoms with van der Waals surface area (Å²) in [4.78, 5) is 23.9. The molecular weight excluding hydrogens is 244 g/mol. The van der Waals surface area contributed by atoms with Crippen LogP contribution in [0, 0.1) is 5.92 Å². The van der Waals surface area contributed by atoms with Crippen LogP contribution in [-0.2, 0) is 4.79 Å². The number of amides is 2. The number of hydrogen-bond acceptors (Lipinski definition) is 2. The van der Waals surface area contributed by atoms with E-state index in [0.29, 0.717) is 13.1 Å². The van der Waals surface area contributed by atoms with Crippen LogP contribution in [0.5, 0.6) is 0 Å². The van der Waals surface area contributed by atoms with Crippen molar-refractivity contribution in [2.75, 3.05) is 19.6 Å². The number of aliphatic carboxylic acids is 1. The maximum atomic E-state index is 11.9. The molecule has 0 spiro atoms. The first-order valence-electron chi connectivity index (χ1n) is 7.38. The van der Waals surface area contributed by atoms with E-state index in [-0.39, 0.29) is 19.0 Å². The lowest BCUT2D eigenvalue weighted by Gasteiger charge is -2.23. The quantitative estimate of drug-likeness (QED) is 0.746. The van der Waals surface area contributed by atoms with E-state index in [2.05, 4.69) is 5.32 Å². The van der Waals surface area contributed by atoms with Gasteiger partial charge in [-0.2, -0.15) is 0 Å². The van der Waals surface area contributed by atoms with E-state index >= 15 is 0 Å². The Morgan fingerprint density at radius 1 is 1.26 bits per heavy atom. The van der Waals surface area contributed by atoms with Crippen LogP contribution in [-0.4, -0.2) is 41.6 Å². The second kappa shape index (κ2) is 8.77. The lowest BCUT2D eigenvalue weighted by Crippen LogP contribution is -2.41. The summed E-state index contributed by atoms with van der Waals surface area (Å²) in [7, 11) is 0. The molecule has 1 aliphatic carbocycles. The van der Waals surface area contributed by atoms with Gasteiger partial charge in [0.2, 0.25) is 0 Å². The summed E-state index contributed by atoms with van der Waals surface area (Å²) in [6.07, 6.45) is 7.60. The zero-order chi connectivity index (χ0) is 14.1. The maximum absolute atomic E-state index is 11.9. The number of carbonyl (C=O) groups is 2. The number of carboxylic acids is 1. The van der Waals surface area contributed by atoms with Gasteiger partial charge in [0.25, 0.3) is 0 Å². The molecule has 110 valence electrons. The summed E-state index contributed by atoms with van der Waals surface area (Å²) in [5.74, 6) is -0.114. The maximum Gasteiger partial charge on any atom is 0.317 e. The molecule has 0 radical (unpaired) electrons. The molecule has 2 amide bonds. The molecule has 1 rings (SSSR count). The Bertz CT molecular complexity index is 288. The minimum Gasteiger partial charge on any atom is -0.481 e. The Morgan fingerprint density at radius 2 is 1.95 bits per heavy atom. The molecule has 1 fully saturated rings. The molecule has 0 aromatic heterocycles. The lowest BCUT2D eigenvalue weighted by molar-refractivity contribution is -0.137. The van der Waals surface area contributed by atoms with Crippen molar-refractivity contribution < 1.29 is 14.7 Å². The predicted molar refractivity (Wildman–Crippen MR) is 74.1 cm³/mol. The molecule has 0 aromatic rings. The Balaban J connectivity index is 2.18. The minimum absolute atomic E-state index is 0.00385. The summed E-state index contributed by atoms with van der Waals surface area (Å²) in [5, 5.41) is 11.5. The topological polar surface area (TPSA) is 69.6 Å². The minimum atomic E-state index is -0.867. The standard InChI is InChI=1S/C14H26N2O3/c1-2-16(11-9-13(17)18)14(19)15-10-8-12-6-4-3-5-7-12/h12H,2-11H2,1H3,(H,15,19)(H,17,18). The number of carbonyl (C=O) groups excluding carboxylic acids is 1. The van der Waals surface area contributed by atoms with Crippen molar-refractivity contribution in [3.05, 3.63) is 0 Å². The van der Waals surface area contributed by atoms with Crippen LogP contribution in [0.1, 0.15) is 51.9 Å². The average Bonchev–Trinajstić information content (AvgIpc) is 2.40. The van der Waals surface area contributed by atoms with Crippen molar-refractivity contribution in [3.8, 4) is 0 Å². The van der Waals surface area contributed by atoms with Crippen molar-refractivity contribution in [2.45, 2.75) is 51.9 Å². The predicted octanol–water partition coefficient (Wildman–Crippen LogP) is 2.46. The third-order valence-electron chi connectivity index (χ3n) is 3.82. The molecular formula is C14H26N2O3. The highest BCUT2D eigenvalue weighted by atomic mass is 16.4. The van der Waals surface area contributed by atoms with E-state index in [1.165, 1.54) is 32.1 Å². The van der Waals surface area contributed by atoms with Gasteiger partial charge in [-0.3, -0.25) is 4.79 Å². The van der Waals surface area contributed by atoms with Gasteiger partial charge in [-0.1, -0.05) is 32.1 Å². The molecule has 19 heavy (non-hydrogen) atoms. The first kappa shape index (κ1) is 15.8. The van der Waals surface area contributed by atoms with Crippen molar-refractivity contribution >= 4 is 12.0 Å². The highest BCUT2D eigenvalue weighted by Crippen LogP contribution is 2.25. The Labute approximate surface area is 115 Å². The van der Waals surface area contributed by atoms with Gasteiger partial charge in [0, 0.05) is 19.6 Å². The highest BCUT2D eigenvalue weighted by molar-refractivity contribution is 5.75. The van der Waals surface area contributed by atoms with Gasteiger partial charge < -0.3 is 15.3 Å². The Morgan fingerprint density at radius 3 is 2.53 bits per heavy atom. The monoisotopic (exact) mass is 270 g/mol. The van der Waals surface area contributed by atoms with E-state index in [0.717, 1.165) is 12.3 Å². The number of hydrogen-bond donors (Lipinski definition) is 2. The molecule has 0 saturated heterocycles. The van der Waals surface area contributed by atoms with E-state index in [1.54, 1.807) is 4.90 Å². The van der Waals surface area contributed by atoms with Crippen LogP contribution < -0.4 is 5.32 Å². The van der Waals surface area contributed by atoms with Gasteiger partial charge in [-0.05, 0) is 19.3 Å². The van der Waals surface area contributed by atoms with Crippen molar-refractivity contribution in [1.29, 1.82) is 0 Å². The van der Waals surface area contributed by atoms with Crippen molar-refractivity contribution in [2.24, 2.45) is 5.92 Å². The smallest absolute Gasteiger partial charge is 0.317 e. The summed E-state index contributed by atoms with van der Waals surface area (Å²) >= 11 is 0. The number of urea groups is 1. The average molecular weight is 270 g/mol. The fourth-order valence-corrected chi connectivity index (χ4v) is 2.60. The summed E-state index contributed by atoms with van der Waals surface area (Å²) in [6, 6.07) is -0.139. The van der Waals surface area contributed by atoms with Crippen LogP contribution >= 0.6 is 0 Å². The molecule has 0 aromatic carbocycles. The van der Waals surface area contributed by atoms with E-state index in [4.69, 9.17) is 5.11 Å². The second-order valence-electron chi connectivity index (χ2n) is 5.25. The second-order valence-corrected chi connectivity index (χ2v) is 5.25. The number of nitrogens with one attached hydrogen (secondary N) is 1. The van der Waals surface area contributed by atoms with E-state index < -0.39 is 5.97 Å². The zero-order valence-corrected chi connectivity index (χ0v) is 11.9. The Kier molecular flexibility index (Phi) is 7.30. The van der Waals surface area contributed by atoms with Crippen LogP contribution in [0.3, 0.4) is 0 Å². The van der Waals surface area contributed by atoms with Crippen LogP contribution in [0.2, 0.25) is 0 Å². The normalized spacial score (nSPS) is 16.1. The fraction of sp³-hybridized carbons (Fsp3) is 0.857. The number of nitrogens with zero attached hydrogens (tertiary/aromatic N) is 1. The van der Waals surface area contributed by atoms with E-state index in [1.807, 2.05) is 6.92 Å². The van der Waals surface area contributed by atoms with Gasteiger partial charge in [-0.25, -0.2) is 4.79 Å². The summed E-state index contributed by atoms with van der Waals surface area (Å²) in [6.45, 7) is 3.39. The first-order valence-corrected chi connectivity index (χ1v) is 7.38. The molecule has 5 nitrogen and oxygen atoms in total. The summed E-state index contributed by atoms with van der Waals surface area (Å²) < 4.78 is 0. The summed E-state index contributed by atoms with van der Waals surface area (Å²) in [5.41, 5.74) is 0. The van der Waals surface area contributed by atoms with Crippen LogP contribution in [0.15, 0.2) is 0 Å². The van der Waals surface area contributed by atoms with Crippen LogP contribution in [0.4, 0.5) is 4.79 Å². The molecule has 0 bridgehead atoms. The number of rotatable bonds is 7. The molecule has 2 N–H and O–H groups in total. The zero-order valence-electron chi connectivity index (χ0n) is 11.9. The number of carboxylic acid groups (broad SMARTS) is 1. The molecule has 0 atom stereocenters. The van der Waals surface area contributed by atoms with Crippen LogP contribution in [0.25, 0.3) is 0 Å². The van der Waals surface area contributed by atoms with Gasteiger partial charge in [0.1, 0.15) is 0 Å². The molecule has 5 heteroatoms. The third kappa shape index (κ3) is 6.45. The lowest BCUT2D eigenvalue weighted by atomic mass is 9.87. The fourth-order valence-electron chi connectivity index (χ4n) is 2.60. The SMILES string of the molecule is CCN(CCC(=O)O)C(=O)NCCC1CCCCC1. The van der Waals surface area contributed by atoms with Gasteiger partial charge in [0.05, 0.1) is 6.42 Å². The molecule has 1 saturated carbocycles. The van der Waals surface area contributed by atoms with Gasteiger partial charge >= 0.3 is 12.0 Å². The molecule has 1 aliphatic rings.